The van der Waals surface area contributed by atoms with Crippen molar-refractivity contribution in [3.63, 3.8) is 0 Å². The summed E-state index contributed by atoms with van der Waals surface area (Å²) in [6, 6.07) is 9.26. The Kier molecular flexibility index (Phi) is 4.99. The molecule has 0 atom stereocenters. The van der Waals surface area contributed by atoms with Crippen LogP contribution in [0.5, 0.6) is 0 Å². The minimum atomic E-state index is -1.04. The summed E-state index contributed by atoms with van der Waals surface area (Å²) in [6.07, 6.45) is 4.39. The molecule has 2 rings (SSSR count). The molecule has 1 fully saturated rings. The average molecular weight is 288 g/mol. The van der Waals surface area contributed by atoms with Crippen molar-refractivity contribution in [2.24, 2.45) is 5.41 Å². The van der Waals surface area contributed by atoms with Crippen LogP contribution in [-0.4, -0.2) is 29.8 Å². The Morgan fingerprint density at radius 1 is 1.00 bits per heavy atom. The maximum Gasteiger partial charge on any atom is 0.239 e. The van der Waals surface area contributed by atoms with Crippen molar-refractivity contribution in [3.05, 3.63) is 30.3 Å². The van der Waals surface area contributed by atoms with E-state index in [2.05, 4.69) is 5.32 Å². The van der Waals surface area contributed by atoms with Crippen molar-refractivity contribution < 1.29 is 9.59 Å². The van der Waals surface area contributed by atoms with Crippen LogP contribution in [-0.2, 0) is 9.59 Å². The van der Waals surface area contributed by atoms with Crippen LogP contribution in [0.1, 0.15) is 39.5 Å². The van der Waals surface area contributed by atoms with Gasteiger partial charge in [-0.3, -0.25) is 9.59 Å². The van der Waals surface area contributed by atoms with Crippen LogP contribution >= 0.6 is 0 Å². The molecule has 4 heteroatoms. The summed E-state index contributed by atoms with van der Waals surface area (Å²) in [4.78, 5) is 27.0. The standard InChI is InChI=1S/C17H24N2O2/c1-17(2,15(20)18-14-10-6-5-7-11-14)16(21)19-12-8-3-4-9-13-19/h5-7,10-11H,3-4,8-9,12-13H2,1-2H3,(H,18,20). The summed E-state index contributed by atoms with van der Waals surface area (Å²) in [5.74, 6) is -0.319. The van der Waals surface area contributed by atoms with E-state index < -0.39 is 5.41 Å². The maximum absolute atomic E-state index is 12.7. The molecule has 4 nitrogen and oxygen atoms in total. The molecule has 0 radical (unpaired) electrons. The highest BCUT2D eigenvalue weighted by molar-refractivity contribution is 6.09. The Hall–Kier alpha value is -1.84. The van der Waals surface area contributed by atoms with Crippen LogP contribution in [0.4, 0.5) is 5.69 Å². The monoisotopic (exact) mass is 288 g/mol. The van der Waals surface area contributed by atoms with Crippen molar-refractivity contribution >= 4 is 17.5 Å². The summed E-state index contributed by atoms with van der Waals surface area (Å²) in [7, 11) is 0. The van der Waals surface area contributed by atoms with Crippen molar-refractivity contribution in [1.29, 1.82) is 0 Å². The first kappa shape index (κ1) is 15.5. The summed E-state index contributed by atoms with van der Waals surface area (Å²) >= 11 is 0. The molecular weight excluding hydrogens is 264 g/mol. The van der Waals surface area contributed by atoms with E-state index in [1.165, 1.54) is 12.8 Å². The van der Waals surface area contributed by atoms with Crippen LogP contribution in [0.25, 0.3) is 0 Å². The first-order chi connectivity index (χ1) is 10.0. The Morgan fingerprint density at radius 2 is 1.57 bits per heavy atom. The third kappa shape index (κ3) is 3.84. The molecular formula is C17H24N2O2. The Balaban J connectivity index is 2.05. The number of carbonyl (C=O) groups excluding carboxylic acids is 2. The van der Waals surface area contributed by atoms with Gasteiger partial charge in [0.1, 0.15) is 5.41 Å². The maximum atomic E-state index is 12.7. The first-order valence-electron chi connectivity index (χ1n) is 7.67. The SMILES string of the molecule is CC(C)(C(=O)Nc1ccccc1)C(=O)N1CCCCCC1. The van der Waals surface area contributed by atoms with Gasteiger partial charge in [-0.25, -0.2) is 0 Å². The van der Waals surface area contributed by atoms with Crippen molar-refractivity contribution in [2.75, 3.05) is 18.4 Å². The molecule has 1 aliphatic rings. The van der Waals surface area contributed by atoms with Gasteiger partial charge in [-0.1, -0.05) is 31.0 Å². The third-order valence-corrected chi connectivity index (χ3v) is 4.03. The van der Waals surface area contributed by atoms with E-state index in [-0.39, 0.29) is 11.8 Å². The number of para-hydroxylation sites is 1. The second kappa shape index (κ2) is 6.74. The zero-order chi connectivity index (χ0) is 15.3. The molecule has 0 spiro atoms. The largest absolute Gasteiger partial charge is 0.342 e. The number of benzene rings is 1. The summed E-state index contributed by atoms with van der Waals surface area (Å²) in [5, 5.41) is 2.83. The van der Waals surface area contributed by atoms with Crippen LogP contribution in [0, 0.1) is 5.41 Å². The van der Waals surface area contributed by atoms with Crippen molar-refractivity contribution in [2.45, 2.75) is 39.5 Å². The quantitative estimate of drug-likeness (QED) is 0.869. The highest BCUT2D eigenvalue weighted by Gasteiger charge is 2.39. The molecule has 0 unspecified atom stereocenters. The molecule has 1 N–H and O–H groups in total. The highest BCUT2D eigenvalue weighted by atomic mass is 16.2. The number of hydrogen-bond acceptors (Lipinski definition) is 2. The molecule has 0 aromatic heterocycles. The summed E-state index contributed by atoms with van der Waals surface area (Å²) in [6.45, 7) is 4.94. The number of anilines is 1. The van der Waals surface area contributed by atoms with Crippen molar-refractivity contribution in [3.8, 4) is 0 Å². The molecule has 1 heterocycles. The van der Waals surface area contributed by atoms with Gasteiger partial charge in [-0.05, 0) is 38.8 Å². The van der Waals surface area contributed by atoms with E-state index in [0.29, 0.717) is 0 Å². The number of rotatable bonds is 3. The molecule has 0 aliphatic carbocycles. The smallest absolute Gasteiger partial charge is 0.239 e. The second-order valence-electron chi connectivity index (χ2n) is 6.15. The number of nitrogens with zero attached hydrogens (tertiary/aromatic N) is 1. The molecule has 1 aromatic rings. The van der Waals surface area contributed by atoms with Gasteiger partial charge in [-0.15, -0.1) is 0 Å². The molecule has 1 aliphatic heterocycles. The summed E-state index contributed by atoms with van der Waals surface area (Å²) in [5.41, 5.74) is -0.320. The Morgan fingerprint density at radius 3 is 2.14 bits per heavy atom. The highest BCUT2D eigenvalue weighted by Crippen LogP contribution is 2.24. The fourth-order valence-electron chi connectivity index (χ4n) is 2.58. The number of amides is 2. The normalized spacial score (nSPS) is 16.2. The minimum Gasteiger partial charge on any atom is -0.342 e. The molecule has 2 amide bonds. The summed E-state index contributed by atoms with van der Waals surface area (Å²) < 4.78 is 0. The van der Waals surface area contributed by atoms with E-state index in [0.717, 1.165) is 31.6 Å². The van der Waals surface area contributed by atoms with Gasteiger partial charge in [0, 0.05) is 18.8 Å². The van der Waals surface area contributed by atoms with Gasteiger partial charge in [0.2, 0.25) is 11.8 Å². The average Bonchev–Trinajstić information content (AvgIpc) is 2.76. The number of hydrogen-bond donors (Lipinski definition) is 1. The van der Waals surface area contributed by atoms with E-state index in [1.54, 1.807) is 13.8 Å². The predicted molar refractivity (Wildman–Crippen MR) is 83.9 cm³/mol. The van der Waals surface area contributed by atoms with Gasteiger partial charge >= 0.3 is 0 Å². The molecule has 1 aromatic carbocycles. The number of likely N-dealkylation sites (tertiary alicyclic amines) is 1. The van der Waals surface area contributed by atoms with E-state index in [4.69, 9.17) is 0 Å². The molecule has 114 valence electrons. The molecule has 0 bridgehead atoms. The topological polar surface area (TPSA) is 49.4 Å². The Bertz CT molecular complexity index is 489. The van der Waals surface area contributed by atoms with Crippen LogP contribution in [0.3, 0.4) is 0 Å². The lowest BCUT2D eigenvalue weighted by Gasteiger charge is -2.30. The zero-order valence-corrected chi connectivity index (χ0v) is 12.9. The zero-order valence-electron chi connectivity index (χ0n) is 12.9. The third-order valence-electron chi connectivity index (χ3n) is 4.03. The second-order valence-corrected chi connectivity index (χ2v) is 6.15. The minimum absolute atomic E-state index is 0.0715. The van der Waals surface area contributed by atoms with Crippen LogP contribution < -0.4 is 5.32 Å². The lowest BCUT2D eigenvalue weighted by Crippen LogP contribution is -2.47. The van der Waals surface area contributed by atoms with E-state index in [9.17, 15) is 9.59 Å². The molecule has 21 heavy (non-hydrogen) atoms. The fourth-order valence-corrected chi connectivity index (χ4v) is 2.58. The fraction of sp³-hybridized carbons (Fsp3) is 0.529. The number of carbonyl (C=O) groups is 2. The van der Waals surface area contributed by atoms with Gasteiger partial charge < -0.3 is 10.2 Å². The molecule has 0 saturated carbocycles. The van der Waals surface area contributed by atoms with E-state index in [1.807, 2.05) is 35.2 Å². The van der Waals surface area contributed by atoms with Gasteiger partial charge in [0.05, 0.1) is 0 Å². The van der Waals surface area contributed by atoms with Crippen LogP contribution in [0.2, 0.25) is 0 Å². The lowest BCUT2D eigenvalue weighted by molar-refractivity contribution is -0.146. The number of nitrogens with one attached hydrogen (secondary N) is 1. The molecule has 1 saturated heterocycles. The lowest BCUT2D eigenvalue weighted by atomic mass is 9.90. The van der Waals surface area contributed by atoms with E-state index >= 15 is 0 Å². The Labute approximate surface area is 126 Å². The van der Waals surface area contributed by atoms with Gasteiger partial charge in [0.25, 0.3) is 0 Å². The van der Waals surface area contributed by atoms with Crippen molar-refractivity contribution in [1.82, 2.24) is 4.90 Å². The van der Waals surface area contributed by atoms with Gasteiger partial charge in [-0.2, -0.15) is 0 Å². The van der Waals surface area contributed by atoms with Crippen LogP contribution in [0.15, 0.2) is 30.3 Å². The predicted octanol–water partition coefficient (Wildman–Crippen LogP) is 3.05. The first-order valence-corrected chi connectivity index (χ1v) is 7.67. The van der Waals surface area contributed by atoms with Gasteiger partial charge in [0.15, 0.2) is 0 Å².